The summed E-state index contributed by atoms with van der Waals surface area (Å²) in [6.45, 7) is 4.19. The Kier molecular flexibility index (Phi) is 4.54. The molecule has 1 unspecified atom stereocenters. The van der Waals surface area contributed by atoms with E-state index in [1.807, 2.05) is 6.92 Å². The van der Waals surface area contributed by atoms with Crippen molar-refractivity contribution in [1.29, 1.82) is 0 Å². The lowest BCUT2D eigenvalue weighted by Crippen LogP contribution is -2.18. The van der Waals surface area contributed by atoms with Crippen molar-refractivity contribution in [1.82, 2.24) is 20.2 Å². The third-order valence-electron chi connectivity index (χ3n) is 1.64. The summed E-state index contributed by atoms with van der Waals surface area (Å²) in [6.07, 6.45) is 0.828. The van der Waals surface area contributed by atoms with Crippen LogP contribution in [0.5, 0.6) is 0 Å². The van der Waals surface area contributed by atoms with Gasteiger partial charge in [-0.15, -0.1) is 5.10 Å². The van der Waals surface area contributed by atoms with Crippen LogP contribution >= 0.6 is 11.8 Å². The zero-order valence-corrected chi connectivity index (χ0v) is 9.82. The summed E-state index contributed by atoms with van der Waals surface area (Å²) < 4.78 is 6.53. The van der Waals surface area contributed by atoms with E-state index in [-0.39, 0.29) is 11.2 Å². The second-order valence-corrected chi connectivity index (χ2v) is 4.32. The first kappa shape index (κ1) is 12.0. The van der Waals surface area contributed by atoms with Gasteiger partial charge in [0.15, 0.2) is 0 Å². The van der Waals surface area contributed by atoms with E-state index in [9.17, 15) is 4.79 Å². The molecule has 84 valence electrons. The van der Waals surface area contributed by atoms with Crippen molar-refractivity contribution in [2.75, 3.05) is 6.61 Å². The van der Waals surface area contributed by atoms with E-state index in [1.165, 1.54) is 16.4 Å². The molecule has 1 rings (SSSR count). The number of ether oxygens (including phenoxy) is 1. The number of esters is 1. The first-order valence-electron chi connectivity index (χ1n) is 4.70. The lowest BCUT2D eigenvalue weighted by molar-refractivity contribution is -0.142. The van der Waals surface area contributed by atoms with Gasteiger partial charge in [0.2, 0.25) is 5.16 Å². The molecule has 0 bridgehead atoms. The Morgan fingerprint density at radius 1 is 1.67 bits per heavy atom. The number of hydrogen-bond donors (Lipinski definition) is 0. The average Bonchev–Trinajstić information content (AvgIpc) is 2.61. The largest absolute Gasteiger partial charge is 0.465 e. The summed E-state index contributed by atoms with van der Waals surface area (Å²) in [5, 5.41) is 11.3. The zero-order chi connectivity index (χ0) is 11.3. The summed E-state index contributed by atoms with van der Waals surface area (Å²) >= 11 is 1.29. The highest BCUT2D eigenvalue weighted by atomic mass is 32.2. The highest BCUT2D eigenvalue weighted by Crippen LogP contribution is 2.20. The van der Waals surface area contributed by atoms with Crippen molar-refractivity contribution >= 4 is 17.7 Å². The molecule has 0 spiro atoms. The van der Waals surface area contributed by atoms with E-state index in [2.05, 4.69) is 15.5 Å². The van der Waals surface area contributed by atoms with Crippen molar-refractivity contribution in [2.45, 2.75) is 30.7 Å². The first-order valence-corrected chi connectivity index (χ1v) is 5.58. The van der Waals surface area contributed by atoms with Crippen LogP contribution in [-0.4, -0.2) is 38.0 Å². The molecule has 0 radical (unpaired) electrons. The van der Waals surface area contributed by atoms with Gasteiger partial charge in [0.25, 0.3) is 0 Å². The number of carbonyl (C=O) groups is 1. The molecule has 0 aliphatic rings. The molecule has 0 aromatic carbocycles. The van der Waals surface area contributed by atoms with E-state index in [1.54, 1.807) is 14.0 Å². The van der Waals surface area contributed by atoms with Gasteiger partial charge >= 0.3 is 5.97 Å². The van der Waals surface area contributed by atoms with Crippen molar-refractivity contribution < 1.29 is 9.53 Å². The molecule has 0 N–H and O–H groups in total. The van der Waals surface area contributed by atoms with E-state index in [4.69, 9.17) is 4.74 Å². The highest BCUT2D eigenvalue weighted by molar-refractivity contribution is 8.00. The third kappa shape index (κ3) is 3.50. The molecule has 0 amide bonds. The van der Waals surface area contributed by atoms with Crippen LogP contribution in [0.3, 0.4) is 0 Å². The normalized spacial score (nSPS) is 12.5. The number of rotatable bonds is 5. The maximum absolute atomic E-state index is 11.4. The van der Waals surface area contributed by atoms with E-state index >= 15 is 0 Å². The Morgan fingerprint density at radius 2 is 2.40 bits per heavy atom. The number of nitrogens with zero attached hydrogens (tertiary/aromatic N) is 4. The zero-order valence-electron chi connectivity index (χ0n) is 9.01. The number of tetrazole rings is 1. The Hall–Kier alpha value is -1.11. The highest BCUT2D eigenvalue weighted by Gasteiger charge is 2.18. The fourth-order valence-corrected chi connectivity index (χ4v) is 1.60. The molecule has 0 saturated carbocycles. The fourth-order valence-electron chi connectivity index (χ4n) is 0.847. The topological polar surface area (TPSA) is 69.9 Å². The lowest BCUT2D eigenvalue weighted by Gasteiger charge is -2.08. The number of thioether (sulfide) groups is 1. The average molecular weight is 230 g/mol. The van der Waals surface area contributed by atoms with Crippen LogP contribution in [0.2, 0.25) is 0 Å². The molecule has 1 aromatic heterocycles. The molecular formula is C8H14N4O2S. The Labute approximate surface area is 92.4 Å². The van der Waals surface area contributed by atoms with Crippen LogP contribution in [0.4, 0.5) is 0 Å². The molecule has 0 aliphatic heterocycles. The summed E-state index contributed by atoms with van der Waals surface area (Å²) in [6, 6.07) is 0. The van der Waals surface area contributed by atoms with Gasteiger partial charge in [0.1, 0.15) is 5.25 Å². The summed E-state index contributed by atoms with van der Waals surface area (Å²) in [4.78, 5) is 11.4. The van der Waals surface area contributed by atoms with Gasteiger partial charge in [-0.1, -0.05) is 18.7 Å². The summed E-state index contributed by atoms with van der Waals surface area (Å²) in [7, 11) is 1.73. The number of carbonyl (C=O) groups excluding carboxylic acids is 1. The van der Waals surface area contributed by atoms with Crippen LogP contribution in [0.15, 0.2) is 5.16 Å². The molecular weight excluding hydrogens is 216 g/mol. The smallest absolute Gasteiger partial charge is 0.319 e. The molecule has 7 heteroatoms. The maximum atomic E-state index is 11.4. The lowest BCUT2D eigenvalue weighted by atomic mass is 10.5. The van der Waals surface area contributed by atoms with E-state index < -0.39 is 0 Å². The predicted molar refractivity (Wildman–Crippen MR) is 55.4 cm³/mol. The Bertz CT molecular complexity index is 328. The minimum atomic E-state index is -0.291. The number of aromatic nitrogens is 4. The van der Waals surface area contributed by atoms with Crippen LogP contribution in [0, 0.1) is 0 Å². The molecule has 1 atom stereocenters. The number of aryl methyl sites for hydroxylation is 1. The van der Waals surface area contributed by atoms with Crippen molar-refractivity contribution in [3.63, 3.8) is 0 Å². The van der Waals surface area contributed by atoms with Crippen LogP contribution in [-0.2, 0) is 16.6 Å². The molecule has 15 heavy (non-hydrogen) atoms. The fraction of sp³-hybridized carbons (Fsp3) is 0.750. The van der Waals surface area contributed by atoms with Gasteiger partial charge in [-0.05, 0) is 23.8 Å². The molecule has 0 saturated heterocycles. The SMILES string of the molecule is CCCOC(=O)C(C)Sc1nnnn1C. The van der Waals surface area contributed by atoms with Gasteiger partial charge in [-0.25, -0.2) is 4.68 Å². The molecule has 0 fully saturated rings. The van der Waals surface area contributed by atoms with E-state index in [0.717, 1.165) is 6.42 Å². The van der Waals surface area contributed by atoms with Crippen molar-refractivity contribution in [2.24, 2.45) is 7.05 Å². The summed E-state index contributed by atoms with van der Waals surface area (Å²) in [5.74, 6) is -0.232. The summed E-state index contributed by atoms with van der Waals surface area (Å²) in [5.41, 5.74) is 0. The quantitative estimate of drug-likeness (QED) is 0.546. The molecule has 6 nitrogen and oxygen atoms in total. The van der Waals surface area contributed by atoms with Gasteiger partial charge in [0, 0.05) is 7.05 Å². The number of hydrogen-bond acceptors (Lipinski definition) is 6. The second-order valence-electron chi connectivity index (χ2n) is 3.01. The van der Waals surface area contributed by atoms with Crippen molar-refractivity contribution in [3.05, 3.63) is 0 Å². The Balaban J connectivity index is 2.45. The molecule has 1 heterocycles. The van der Waals surface area contributed by atoms with Crippen LogP contribution < -0.4 is 0 Å². The van der Waals surface area contributed by atoms with Crippen LogP contribution in [0.25, 0.3) is 0 Å². The minimum Gasteiger partial charge on any atom is -0.465 e. The van der Waals surface area contributed by atoms with Crippen LogP contribution in [0.1, 0.15) is 20.3 Å². The van der Waals surface area contributed by atoms with Crippen molar-refractivity contribution in [3.8, 4) is 0 Å². The van der Waals surface area contributed by atoms with E-state index in [0.29, 0.717) is 11.8 Å². The van der Waals surface area contributed by atoms with Gasteiger partial charge in [0.05, 0.1) is 6.61 Å². The molecule has 1 aromatic rings. The second kappa shape index (κ2) is 5.69. The maximum Gasteiger partial charge on any atom is 0.319 e. The van der Waals surface area contributed by atoms with Gasteiger partial charge in [-0.3, -0.25) is 4.79 Å². The minimum absolute atomic E-state index is 0.232. The standard InChI is InChI=1S/C8H14N4O2S/c1-4-5-14-7(13)6(2)15-8-9-10-11-12(8)3/h6H,4-5H2,1-3H3. The van der Waals surface area contributed by atoms with Gasteiger partial charge in [-0.2, -0.15) is 0 Å². The Morgan fingerprint density at radius 3 is 2.93 bits per heavy atom. The monoisotopic (exact) mass is 230 g/mol. The van der Waals surface area contributed by atoms with Gasteiger partial charge < -0.3 is 4.74 Å². The third-order valence-corrected chi connectivity index (χ3v) is 2.75. The predicted octanol–water partition coefficient (Wildman–Crippen LogP) is 0.644. The molecule has 0 aliphatic carbocycles. The first-order chi connectivity index (χ1) is 7.15.